The van der Waals surface area contributed by atoms with Crippen molar-refractivity contribution in [1.82, 2.24) is 0 Å². The minimum atomic E-state index is -0.0970. The molecule has 0 radical (unpaired) electrons. The highest BCUT2D eigenvalue weighted by molar-refractivity contribution is 4.78. The first kappa shape index (κ1) is 9.01. The summed E-state index contributed by atoms with van der Waals surface area (Å²) in [4.78, 5) is 0. The lowest BCUT2D eigenvalue weighted by atomic mass is 9.76. The molecule has 2 nitrogen and oxygen atoms in total. The summed E-state index contributed by atoms with van der Waals surface area (Å²) in [6, 6.07) is 0. The van der Waals surface area contributed by atoms with Crippen LogP contribution in [0.3, 0.4) is 0 Å². The van der Waals surface area contributed by atoms with E-state index in [2.05, 4.69) is 13.8 Å². The summed E-state index contributed by atoms with van der Waals surface area (Å²) in [5.74, 6) is 2.20. The molecule has 11 heavy (non-hydrogen) atoms. The van der Waals surface area contributed by atoms with Gasteiger partial charge in [-0.15, -0.1) is 0 Å². The highest BCUT2D eigenvalue weighted by Crippen LogP contribution is 2.32. The van der Waals surface area contributed by atoms with E-state index in [-0.39, 0.29) is 6.17 Å². The van der Waals surface area contributed by atoms with Crippen LogP contribution in [0.1, 0.15) is 33.1 Å². The van der Waals surface area contributed by atoms with Crippen LogP contribution in [0.2, 0.25) is 0 Å². The molecule has 1 rings (SSSR count). The second-order valence-electron chi connectivity index (χ2n) is 4.25. The Balaban J connectivity index is 2.43. The van der Waals surface area contributed by atoms with Crippen molar-refractivity contribution >= 4 is 0 Å². The molecular weight excluding hydrogens is 136 g/mol. The lowest BCUT2D eigenvalue weighted by Crippen LogP contribution is -2.42. The maximum absolute atomic E-state index is 5.67. The minimum absolute atomic E-state index is 0.0970. The van der Waals surface area contributed by atoms with Gasteiger partial charge < -0.3 is 11.5 Å². The quantitative estimate of drug-likeness (QED) is 0.562. The van der Waals surface area contributed by atoms with E-state index < -0.39 is 0 Å². The molecule has 0 bridgehead atoms. The first-order valence-electron chi connectivity index (χ1n) is 4.60. The van der Waals surface area contributed by atoms with Crippen LogP contribution < -0.4 is 11.5 Å². The number of hydrogen-bond acceptors (Lipinski definition) is 2. The summed E-state index contributed by atoms with van der Waals surface area (Å²) >= 11 is 0. The zero-order valence-corrected chi connectivity index (χ0v) is 7.59. The number of rotatable bonds is 1. The molecule has 0 aromatic carbocycles. The zero-order valence-electron chi connectivity index (χ0n) is 7.59. The third kappa shape index (κ3) is 2.46. The summed E-state index contributed by atoms with van der Waals surface area (Å²) in [6.07, 6.45) is 3.70. The van der Waals surface area contributed by atoms with Gasteiger partial charge in [0.1, 0.15) is 0 Å². The molecule has 2 unspecified atom stereocenters. The Kier molecular flexibility index (Phi) is 2.90. The van der Waals surface area contributed by atoms with E-state index in [0.29, 0.717) is 5.92 Å². The van der Waals surface area contributed by atoms with Crippen LogP contribution in [0.25, 0.3) is 0 Å². The standard InChI is InChI=1S/C9H20N2/c1-6-3-7(2)5-8(4-6)9(10)11/h6-9H,3-5,10-11H2,1-2H3. The van der Waals surface area contributed by atoms with Crippen molar-refractivity contribution < 1.29 is 0 Å². The molecule has 1 aliphatic rings. The second kappa shape index (κ2) is 3.55. The predicted octanol–water partition coefficient (Wildman–Crippen LogP) is 1.30. The fourth-order valence-corrected chi connectivity index (χ4v) is 2.32. The van der Waals surface area contributed by atoms with Gasteiger partial charge in [0, 0.05) is 0 Å². The molecular formula is C9H20N2. The van der Waals surface area contributed by atoms with Gasteiger partial charge in [-0.3, -0.25) is 0 Å². The van der Waals surface area contributed by atoms with Crippen molar-refractivity contribution in [3.05, 3.63) is 0 Å². The van der Waals surface area contributed by atoms with Crippen LogP contribution in [0.5, 0.6) is 0 Å². The van der Waals surface area contributed by atoms with Crippen LogP contribution in [0.15, 0.2) is 0 Å². The van der Waals surface area contributed by atoms with Gasteiger partial charge in [-0.1, -0.05) is 13.8 Å². The third-order valence-corrected chi connectivity index (χ3v) is 2.76. The van der Waals surface area contributed by atoms with Gasteiger partial charge >= 0.3 is 0 Å². The smallest absolute Gasteiger partial charge is 0.0550 e. The van der Waals surface area contributed by atoms with Crippen LogP contribution in [-0.4, -0.2) is 6.17 Å². The van der Waals surface area contributed by atoms with E-state index in [9.17, 15) is 0 Å². The third-order valence-electron chi connectivity index (χ3n) is 2.76. The number of hydrogen-bond donors (Lipinski definition) is 2. The predicted molar refractivity (Wildman–Crippen MR) is 47.8 cm³/mol. The summed E-state index contributed by atoms with van der Waals surface area (Å²) < 4.78 is 0. The fraction of sp³-hybridized carbons (Fsp3) is 1.00. The zero-order chi connectivity index (χ0) is 8.43. The van der Waals surface area contributed by atoms with Crippen molar-refractivity contribution in [3.63, 3.8) is 0 Å². The SMILES string of the molecule is CC1CC(C)CC(C(N)N)C1. The maximum atomic E-state index is 5.67. The lowest BCUT2D eigenvalue weighted by Gasteiger charge is -2.33. The molecule has 4 N–H and O–H groups in total. The molecule has 1 fully saturated rings. The van der Waals surface area contributed by atoms with Gasteiger partial charge in [-0.2, -0.15) is 0 Å². The van der Waals surface area contributed by atoms with Crippen molar-refractivity contribution in [3.8, 4) is 0 Å². The van der Waals surface area contributed by atoms with Crippen molar-refractivity contribution in [2.45, 2.75) is 39.3 Å². The van der Waals surface area contributed by atoms with Crippen molar-refractivity contribution in [1.29, 1.82) is 0 Å². The largest absolute Gasteiger partial charge is 0.316 e. The summed E-state index contributed by atoms with van der Waals surface area (Å²) in [6.45, 7) is 4.59. The average Bonchev–Trinajstić information content (AvgIpc) is 1.85. The first-order chi connectivity index (χ1) is 5.09. The Labute approximate surface area is 69.3 Å². The first-order valence-corrected chi connectivity index (χ1v) is 4.60. The van der Waals surface area contributed by atoms with E-state index in [1.807, 2.05) is 0 Å². The van der Waals surface area contributed by atoms with E-state index in [1.165, 1.54) is 19.3 Å². The Morgan fingerprint density at radius 2 is 1.45 bits per heavy atom. The van der Waals surface area contributed by atoms with Crippen LogP contribution in [0.4, 0.5) is 0 Å². The topological polar surface area (TPSA) is 52.0 Å². The van der Waals surface area contributed by atoms with E-state index in [1.54, 1.807) is 0 Å². The van der Waals surface area contributed by atoms with Gasteiger partial charge in [-0.05, 0) is 37.0 Å². The summed E-state index contributed by atoms with van der Waals surface area (Å²) in [5, 5.41) is 0. The van der Waals surface area contributed by atoms with Gasteiger partial charge in [0.05, 0.1) is 6.17 Å². The molecule has 0 aromatic heterocycles. The molecule has 1 aliphatic carbocycles. The molecule has 0 spiro atoms. The number of nitrogens with two attached hydrogens (primary N) is 2. The Bertz CT molecular complexity index is 113. The molecule has 1 saturated carbocycles. The maximum Gasteiger partial charge on any atom is 0.0550 e. The fourth-order valence-electron chi connectivity index (χ4n) is 2.32. The van der Waals surface area contributed by atoms with Crippen LogP contribution in [-0.2, 0) is 0 Å². The Hall–Kier alpha value is -0.0800. The van der Waals surface area contributed by atoms with Crippen LogP contribution in [0, 0.1) is 17.8 Å². The Morgan fingerprint density at radius 3 is 1.82 bits per heavy atom. The second-order valence-corrected chi connectivity index (χ2v) is 4.25. The van der Waals surface area contributed by atoms with Gasteiger partial charge in [0.2, 0.25) is 0 Å². The summed E-state index contributed by atoms with van der Waals surface area (Å²) in [7, 11) is 0. The molecule has 0 aliphatic heterocycles. The lowest BCUT2D eigenvalue weighted by molar-refractivity contribution is 0.194. The van der Waals surface area contributed by atoms with Gasteiger partial charge in [-0.25, -0.2) is 0 Å². The molecule has 0 heterocycles. The highest BCUT2D eigenvalue weighted by atomic mass is 14.9. The van der Waals surface area contributed by atoms with E-state index in [4.69, 9.17) is 11.5 Å². The average molecular weight is 156 g/mol. The van der Waals surface area contributed by atoms with E-state index >= 15 is 0 Å². The molecule has 0 aromatic rings. The van der Waals surface area contributed by atoms with Crippen molar-refractivity contribution in [2.24, 2.45) is 29.2 Å². The molecule has 2 heteroatoms. The molecule has 0 saturated heterocycles. The van der Waals surface area contributed by atoms with Crippen molar-refractivity contribution in [2.75, 3.05) is 0 Å². The van der Waals surface area contributed by atoms with Gasteiger partial charge in [0.25, 0.3) is 0 Å². The Morgan fingerprint density at radius 1 is 1.00 bits per heavy atom. The normalized spacial score (nSPS) is 39.5. The summed E-state index contributed by atoms with van der Waals surface area (Å²) in [5.41, 5.74) is 11.3. The van der Waals surface area contributed by atoms with Crippen LogP contribution >= 0.6 is 0 Å². The van der Waals surface area contributed by atoms with Gasteiger partial charge in [0.15, 0.2) is 0 Å². The molecule has 0 amide bonds. The highest BCUT2D eigenvalue weighted by Gasteiger charge is 2.26. The molecule has 2 atom stereocenters. The molecule has 66 valence electrons. The monoisotopic (exact) mass is 156 g/mol. The minimum Gasteiger partial charge on any atom is -0.316 e. The van der Waals surface area contributed by atoms with E-state index in [0.717, 1.165) is 11.8 Å².